The molecule has 5 nitrogen and oxygen atoms in total. The van der Waals surface area contributed by atoms with Crippen molar-refractivity contribution >= 4 is 23.4 Å². The van der Waals surface area contributed by atoms with Gasteiger partial charge >= 0.3 is 5.97 Å². The summed E-state index contributed by atoms with van der Waals surface area (Å²) in [5.74, 6) is -0.976. The predicted molar refractivity (Wildman–Crippen MR) is 118 cm³/mol. The van der Waals surface area contributed by atoms with Gasteiger partial charge in [-0.15, -0.1) is 0 Å². The second-order valence-electron chi connectivity index (χ2n) is 6.90. The van der Waals surface area contributed by atoms with Crippen LogP contribution in [0.2, 0.25) is 0 Å². The molecule has 1 aliphatic rings. The van der Waals surface area contributed by atoms with Gasteiger partial charge in [0.2, 0.25) is 0 Å². The van der Waals surface area contributed by atoms with Gasteiger partial charge in [0.25, 0.3) is 5.56 Å². The van der Waals surface area contributed by atoms with Crippen molar-refractivity contribution in [3.8, 4) is 0 Å². The van der Waals surface area contributed by atoms with Crippen LogP contribution in [0.5, 0.6) is 0 Å². The molecule has 0 amide bonds. The number of benzene rings is 2. The van der Waals surface area contributed by atoms with Crippen molar-refractivity contribution in [1.29, 1.82) is 0 Å². The van der Waals surface area contributed by atoms with Crippen LogP contribution in [0, 0.1) is 5.82 Å². The fourth-order valence-electron chi connectivity index (χ4n) is 3.48. The highest BCUT2D eigenvalue weighted by atomic mass is 32.1. The Labute approximate surface area is 181 Å². The molecule has 1 aliphatic heterocycles. The summed E-state index contributed by atoms with van der Waals surface area (Å²) in [4.78, 5) is 31.2. The van der Waals surface area contributed by atoms with Crippen LogP contribution in [-0.2, 0) is 9.53 Å². The summed E-state index contributed by atoms with van der Waals surface area (Å²) in [6.07, 6.45) is 2.99. The summed E-state index contributed by atoms with van der Waals surface area (Å²) in [5, 5.41) is 0. The number of thiazole rings is 1. The lowest BCUT2D eigenvalue weighted by molar-refractivity contribution is -0.138. The zero-order chi connectivity index (χ0) is 22.0. The minimum atomic E-state index is -0.697. The standard InChI is InChI=1S/C24H19FN2O3S/c1-3-13-30-23(29)20-15(2)26-24-27(21(20)16-9-5-4-6-10-16)22(28)19(31-24)14-17-11-7-8-12-18(17)25/h3-12,14,21H,1,13H2,2H3/b19-14+/t21-/m0/s1. The molecule has 31 heavy (non-hydrogen) atoms. The summed E-state index contributed by atoms with van der Waals surface area (Å²) in [7, 11) is 0. The molecule has 2 aromatic carbocycles. The van der Waals surface area contributed by atoms with Gasteiger partial charge in [-0.25, -0.2) is 14.2 Å². The normalized spacial score (nSPS) is 15.9. The van der Waals surface area contributed by atoms with Gasteiger partial charge in [0.1, 0.15) is 12.4 Å². The van der Waals surface area contributed by atoms with E-state index < -0.39 is 17.8 Å². The van der Waals surface area contributed by atoms with E-state index >= 15 is 0 Å². The van der Waals surface area contributed by atoms with Gasteiger partial charge in [0, 0.05) is 5.56 Å². The third-order valence-corrected chi connectivity index (χ3v) is 5.86. The molecule has 156 valence electrons. The Bertz CT molecular complexity index is 1370. The number of rotatable bonds is 5. The van der Waals surface area contributed by atoms with E-state index in [4.69, 9.17) is 4.74 Å². The lowest BCUT2D eigenvalue weighted by Crippen LogP contribution is -2.39. The molecule has 0 saturated carbocycles. The van der Waals surface area contributed by atoms with Crippen LogP contribution in [0.15, 0.2) is 88.3 Å². The van der Waals surface area contributed by atoms with E-state index in [-0.39, 0.29) is 17.7 Å². The zero-order valence-electron chi connectivity index (χ0n) is 16.7. The molecule has 7 heteroatoms. The van der Waals surface area contributed by atoms with E-state index in [1.807, 2.05) is 30.3 Å². The molecule has 1 aromatic heterocycles. The highest BCUT2D eigenvalue weighted by Gasteiger charge is 2.33. The van der Waals surface area contributed by atoms with Crippen LogP contribution in [0.1, 0.15) is 24.1 Å². The first-order valence-electron chi connectivity index (χ1n) is 9.61. The third-order valence-electron chi connectivity index (χ3n) is 4.88. The van der Waals surface area contributed by atoms with Crippen molar-refractivity contribution in [1.82, 2.24) is 4.57 Å². The van der Waals surface area contributed by atoms with Crippen LogP contribution in [-0.4, -0.2) is 17.1 Å². The number of carbonyl (C=O) groups excluding carboxylic acids is 1. The van der Waals surface area contributed by atoms with Gasteiger partial charge in [-0.05, 0) is 24.6 Å². The predicted octanol–water partition coefficient (Wildman–Crippen LogP) is 3.10. The summed E-state index contributed by atoms with van der Waals surface area (Å²) in [5.41, 5.74) is 1.48. The number of hydrogen-bond acceptors (Lipinski definition) is 5. The van der Waals surface area contributed by atoms with Crippen molar-refractivity contribution in [2.24, 2.45) is 4.99 Å². The quantitative estimate of drug-likeness (QED) is 0.458. The molecule has 0 aliphatic carbocycles. The van der Waals surface area contributed by atoms with Crippen molar-refractivity contribution in [3.05, 3.63) is 115 Å². The Morgan fingerprint density at radius 2 is 1.94 bits per heavy atom. The minimum Gasteiger partial charge on any atom is -0.458 e. The number of fused-ring (bicyclic) bond motifs is 1. The Morgan fingerprint density at radius 1 is 1.23 bits per heavy atom. The molecule has 0 saturated heterocycles. The Hall–Kier alpha value is -3.58. The molecule has 1 atom stereocenters. The summed E-state index contributed by atoms with van der Waals surface area (Å²) in [6, 6.07) is 14.8. The number of carbonyl (C=O) groups is 1. The summed E-state index contributed by atoms with van der Waals surface area (Å²) >= 11 is 1.16. The molecule has 0 unspecified atom stereocenters. The SMILES string of the molecule is C=CCOC(=O)C1=C(C)N=c2s/c(=C/c3ccccc3F)c(=O)n2[C@H]1c1ccccc1. The molecule has 0 bridgehead atoms. The number of ether oxygens (including phenoxy) is 1. The number of hydrogen-bond donors (Lipinski definition) is 0. The smallest absolute Gasteiger partial charge is 0.338 e. The first kappa shape index (κ1) is 20.7. The maximum absolute atomic E-state index is 14.1. The van der Waals surface area contributed by atoms with Gasteiger partial charge in [-0.2, -0.15) is 0 Å². The average molecular weight is 434 g/mol. The number of allylic oxidation sites excluding steroid dienone is 1. The maximum atomic E-state index is 14.1. The lowest BCUT2D eigenvalue weighted by Gasteiger charge is -2.24. The van der Waals surface area contributed by atoms with Crippen LogP contribution < -0.4 is 14.9 Å². The van der Waals surface area contributed by atoms with Gasteiger partial charge in [0.15, 0.2) is 4.80 Å². The number of nitrogens with zero attached hydrogens (tertiary/aromatic N) is 2. The van der Waals surface area contributed by atoms with Crippen molar-refractivity contribution in [2.75, 3.05) is 6.61 Å². The van der Waals surface area contributed by atoms with E-state index in [2.05, 4.69) is 11.6 Å². The second-order valence-corrected chi connectivity index (χ2v) is 7.91. The van der Waals surface area contributed by atoms with Crippen molar-refractivity contribution in [3.63, 3.8) is 0 Å². The molecule has 0 N–H and O–H groups in total. The summed E-state index contributed by atoms with van der Waals surface area (Å²) < 4.78 is 21.2. The van der Waals surface area contributed by atoms with E-state index in [0.717, 1.165) is 16.9 Å². The fourth-order valence-corrected chi connectivity index (χ4v) is 4.52. The molecule has 0 spiro atoms. The van der Waals surface area contributed by atoms with Gasteiger partial charge in [-0.1, -0.05) is 72.5 Å². The highest BCUT2D eigenvalue weighted by molar-refractivity contribution is 7.07. The molecule has 3 aromatic rings. The van der Waals surface area contributed by atoms with Gasteiger partial charge < -0.3 is 4.74 Å². The number of aromatic nitrogens is 1. The lowest BCUT2D eigenvalue weighted by atomic mass is 9.96. The molecular formula is C24H19FN2O3S. The number of esters is 1. The van der Waals surface area contributed by atoms with Crippen molar-refractivity contribution in [2.45, 2.75) is 13.0 Å². The maximum Gasteiger partial charge on any atom is 0.338 e. The van der Waals surface area contributed by atoms with Crippen molar-refractivity contribution < 1.29 is 13.9 Å². The zero-order valence-corrected chi connectivity index (χ0v) is 17.6. The van der Waals surface area contributed by atoms with Gasteiger partial charge in [-0.3, -0.25) is 9.36 Å². The van der Waals surface area contributed by atoms with E-state index in [0.29, 0.717) is 20.6 Å². The molecule has 2 heterocycles. The monoisotopic (exact) mass is 434 g/mol. The molecule has 0 radical (unpaired) electrons. The van der Waals surface area contributed by atoms with E-state index in [9.17, 15) is 14.0 Å². The van der Waals surface area contributed by atoms with Crippen LogP contribution in [0.4, 0.5) is 4.39 Å². The van der Waals surface area contributed by atoms with Gasteiger partial charge in [0.05, 0.1) is 21.8 Å². The average Bonchev–Trinajstić information content (AvgIpc) is 3.08. The summed E-state index contributed by atoms with van der Waals surface area (Å²) in [6.45, 7) is 5.34. The van der Waals surface area contributed by atoms with Crippen LogP contribution in [0.3, 0.4) is 0 Å². The number of halogens is 1. The minimum absolute atomic E-state index is 0.0504. The van der Waals surface area contributed by atoms with Crippen LogP contribution >= 0.6 is 11.3 Å². The van der Waals surface area contributed by atoms with Crippen LogP contribution in [0.25, 0.3) is 6.08 Å². The first-order chi connectivity index (χ1) is 15.0. The Morgan fingerprint density at radius 3 is 2.65 bits per heavy atom. The largest absolute Gasteiger partial charge is 0.458 e. The Balaban J connectivity index is 1.95. The first-order valence-corrected chi connectivity index (χ1v) is 10.4. The fraction of sp³-hybridized carbons (Fsp3) is 0.125. The molecular weight excluding hydrogens is 415 g/mol. The topological polar surface area (TPSA) is 60.7 Å². The van der Waals surface area contributed by atoms with E-state index in [1.54, 1.807) is 25.1 Å². The highest BCUT2D eigenvalue weighted by Crippen LogP contribution is 2.30. The third kappa shape index (κ3) is 3.92. The molecule has 0 fully saturated rings. The molecule has 4 rings (SSSR count). The Kier molecular flexibility index (Phi) is 5.77. The second kappa shape index (κ2) is 8.65. The van der Waals surface area contributed by atoms with E-state index in [1.165, 1.54) is 22.8 Å².